The van der Waals surface area contributed by atoms with Crippen molar-refractivity contribution in [3.05, 3.63) is 58.0 Å². The second-order valence-electron chi connectivity index (χ2n) is 6.51. The molecule has 5 heteroatoms. The zero-order chi connectivity index (χ0) is 17.4. The maximum atomic E-state index is 13.1. The summed E-state index contributed by atoms with van der Waals surface area (Å²) in [6.07, 6.45) is -0.539. The molecule has 1 atom stereocenters. The summed E-state index contributed by atoms with van der Waals surface area (Å²) in [4.78, 5) is 2.17. The van der Waals surface area contributed by atoms with Crippen LogP contribution in [0.5, 0.6) is 0 Å². The van der Waals surface area contributed by atoms with Gasteiger partial charge in [0, 0.05) is 26.2 Å². The van der Waals surface area contributed by atoms with E-state index in [2.05, 4.69) is 30.2 Å². The van der Waals surface area contributed by atoms with Gasteiger partial charge in [0.2, 0.25) is 0 Å². The monoisotopic (exact) mass is 351 g/mol. The van der Waals surface area contributed by atoms with Crippen LogP contribution in [0.3, 0.4) is 0 Å². The lowest BCUT2D eigenvalue weighted by molar-refractivity contribution is 0.00556. The van der Waals surface area contributed by atoms with Crippen LogP contribution in [0, 0.1) is 11.7 Å². The van der Waals surface area contributed by atoms with Crippen LogP contribution in [0.2, 0.25) is 0 Å². The topological polar surface area (TPSA) is 32.7 Å². The van der Waals surface area contributed by atoms with Gasteiger partial charge in [0.15, 0.2) is 0 Å². The van der Waals surface area contributed by atoms with Crippen molar-refractivity contribution in [2.24, 2.45) is 5.92 Å². The Morgan fingerprint density at radius 3 is 2.42 bits per heavy atom. The van der Waals surface area contributed by atoms with Crippen LogP contribution in [0.4, 0.5) is 4.39 Å². The lowest BCUT2D eigenvalue weighted by Gasteiger charge is -2.25. The van der Waals surface area contributed by atoms with Crippen molar-refractivity contribution in [3.63, 3.8) is 0 Å². The van der Waals surface area contributed by atoms with Crippen molar-refractivity contribution in [3.8, 4) is 0 Å². The minimum absolute atomic E-state index is 0.231. The summed E-state index contributed by atoms with van der Waals surface area (Å²) in [6, 6.07) is 8.61. The number of thiophene rings is 1. The lowest BCUT2D eigenvalue weighted by atomic mass is 10.2. The second kappa shape index (κ2) is 9.89. The highest BCUT2D eigenvalue weighted by molar-refractivity contribution is 7.07. The Balaban J connectivity index is 1.93. The van der Waals surface area contributed by atoms with E-state index in [4.69, 9.17) is 4.74 Å². The van der Waals surface area contributed by atoms with Gasteiger partial charge in [-0.15, -0.1) is 0 Å². The Morgan fingerprint density at radius 1 is 1.08 bits per heavy atom. The maximum Gasteiger partial charge on any atom is 0.123 e. The molecular formula is C19H26FNO2S. The van der Waals surface area contributed by atoms with Crippen LogP contribution >= 0.6 is 11.3 Å². The molecule has 1 aromatic carbocycles. The molecule has 0 bridgehead atoms. The molecule has 0 aliphatic carbocycles. The van der Waals surface area contributed by atoms with Gasteiger partial charge >= 0.3 is 0 Å². The Hall–Kier alpha value is -1.27. The minimum atomic E-state index is -0.539. The van der Waals surface area contributed by atoms with E-state index in [0.717, 1.165) is 12.1 Å². The summed E-state index contributed by atoms with van der Waals surface area (Å²) >= 11 is 1.66. The number of hydrogen-bond donors (Lipinski definition) is 1. The smallest absolute Gasteiger partial charge is 0.123 e. The molecule has 3 nitrogen and oxygen atoms in total. The Labute approximate surface area is 147 Å². The molecule has 0 unspecified atom stereocenters. The van der Waals surface area contributed by atoms with Crippen LogP contribution < -0.4 is 0 Å². The molecule has 0 amide bonds. The Bertz CT molecular complexity index is 572. The SMILES string of the molecule is CC(C)COC[C@@H](O)CN(Cc1ccc(F)cc1)Cc1ccsc1. The number of ether oxygens (including phenoxy) is 1. The molecule has 0 radical (unpaired) electrons. The molecule has 24 heavy (non-hydrogen) atoms. The molecule has 0 saturated carbocycles. The van der Waals surface area contributed by atoms with E-state index >= 15 is 0 Å². The summed E-state index contributed by atoms with van der Waals surface area (Å²) in [5.41, 5.74) is 2.25. The Morgan fingerprint density at radius 2 is 1.79 bits per heavy atom. The van der Waals surface area contributed by atoms with Crippen molar-refractivity contribution in [1.29, 1.82) is 0 Å². The van der Waals surface area contributed by atoms with Gasteiger partial charge in [-0.1, -0.05) is 26.0 Å². The van der Waals surface area contributed by atoms with Gasteiger partial charge in [-0.2, -0.15) is 11.3 Å². The fraction of sp³-hybridized carbons (Fsp3) is 0.474. The van der Waals surface area contributed by atoms with Crippen LogP contribution in [-0.2, 0) is 17.8 Å². The first-order valence-corrected chi connectivity index (χ1v) is 9.21. The van der Waals surface area contributed by atoms with Gasteiger partial charge in [-0.25, -0.2) is 4.39 Å². The average molecular weight is 351 g/mol. The summed E-state index contributed by atoms with van der Waals surface area (Å²) < 4.78 is 18.6. The van der Waals surface area contributed by atoms with Crippen molar-refractivity contribution < 1.29 is 14.2 Å². The first-order valence-electron chi connectivity index (χ1n) is 8.26. The van der Waals surface area contributed by atoms with Crippen LogP contribution in [-0.4, -0.2) is 35.9 Å². The van der Waals surface area contributed by atoms with Crippen molar-refractivity contribution in [2.75, 3.05) is 19.8 Å². The minimum Gasteiger partial charge on any atom is -0.389 e. The standard InChI is InChI=1S/C19H26FNO2S/c1-15(2)12-23-13-19(22)11-21(10-17-7-8-24-14-17)9-16-3-5-18(20)6-4-16/h3-8,14-15,19,22H,9-13H2,1-2H3/t19-/m0/s1. The summed E-state index contributed by atoms with van der Waals surface area (Å²) in [5.74, 6) is 0.226. The summed E-state index contributed by atoms with van der Waals surface area (Å²) in [6.45, 7) is 7.10. The van der Waals surface area contributed by atoms with Gasteiger partial charge in [0.05, 0.1) is 12.7 Å². The normalized spacial score (nSPS) is 12.9. The van der Waals surface area contributed by atoms with Gasteiger partial charge < -0.3 is 9.84 Å². The van der Waals surface area contributed by atoms with E-state index < -0.39 is 6.10 Å². The highest BCUT2D eigenvalue weighted by Gasteiger charge is 2.14. The molecule has 1 N–H and O–H groups in total. The van der Waals surface area contributed by atoms with Crippen molar-refractivity contribution in [1.82, 2.24) is 4.90 Å². The van der Waals surface area contributed by atoms with Gasteiger partial charge in [-0.05, 0) is 46.0 Å². The highest BCUT2D eigenvalue weighted by atomic mass is 32.1. The van der Waals surface area contributed by atoms with Crippen molar-refractivity contribution in [2.45, 2.75) is 33.0 Å². The molecule has 1 aromatic heterocycles. The quantitative estimate of drug-likeness (QED) is 0.704. The number of aliphatic hydroxyl groups excluding tert-OH is 1. The lowest BCUT2D eigenvalue weighted by Crippen LogP contribution is -2.34. The van der Waals surface area contributed by atoms with Crippen LogP contribution in [0.25, 0.3) is 0 Å². The molecular weight excluding hydrogens is 325 g/mol. The van der Waals surface area contributed by atoms with E-state index in [9.17, 15) is 9.50 Å². The molecule has 1 heterocycles. The zero-order valence-electron chi connectivity index (χ0n) is 14.3. The molecule has 0 fully saturated rings. The van der Waals surface area contributed by atoms with Gasteiger partial charge in [0.1, 0.15) is 5.82 Å². The largest absolute Gasteiger partial charge is 0.389 e. The number of benzene rings is 1. The third kappa shape index (κ3) is 7.09. The van der Waals surface area contributed by atoms with E-state index in [1.54, 1.807) is 23.5 Å². The first-order chi connectivity index (χ1) is 11.5. The third-order valence-electron chi connectivity index (χ3n) is 3.54. The van der Waals surface area contributed by atoms with Crippen molar-refractivity contribution >= 4 is 11.3 Å². The number of aliphatic hydroxyl groups is 1. The van der Waals surface area contributed by atoms with Gasteiger partial charge in [-0.3, -0.25) is 4.90 Å². The van der Waals surface area contributed by atoms with E-state index in [1.807, 2.05) is 5.38 Å². The van der Waals surface area contributed by atoms with E-state index in [0.29, 0.717) is 32.2 Å². The maximum absolute atomic E-state index is 13.1. The Kier molecular flexibility index (Phi) is 7.85. The van der Waals surface area contributed by atoms with Crippen LogP contribution in [0.15, 0.2) is 41.1 Å². The fourth-order valence-corrected chi connectivity index (χ4v) is 3.12. The molecule has 0 aliphatic rings. The van der Waals surface area contributed by atoms with Gasteiger partial charge in [0.25, 0.3) is 0 Å². The molecule has 2 rings (SSSR count). The fourth-order valence-electron chi connectivity index (χ4n) is 2.46. The van der Waals surface area contributed by atoms with Crippen LogP contribution in [0.1, 0.15) is 25.0 Å². The second-order valence-corrected chi connectivity index (χ2v) is 7.29. The molecule has 0 spiro atoms. The third-order valence-corrected chi connectivity index (χ3v) is 4.27. The first kappa shape index (κ1) is 19.1. The summed E-state index contributed by atoms with van der Waals surface area (Å²) in [5, 5.41) is 14.4. The van der Waals surface area contributed by atoms with E-state index in [1.165, 1.54) is 17.7 Å². The molecule has 132 valence electrons. The molecule has 0 saturated heterocycles. The number of hydrogen-bond acceptors (Lipinski definition) is 4. The number of rotatable bonds is 10. The molecule has 2 aromatic rings. The number of halogens is 1. The predicted octanol–water partition coefficient (Wildman–Crippen LogP) is 3.92. The number of nitrogens with zero attached hydrogens (tertiary/aromatic N) is 1. The zero-order valence-corrected chi connectivity index (χ0v) is 15.1. The molecule has 0 aliphatic heterocycles. The highest BCUT2D eigenvalue weighted by Crippen LogP contribution is 2.14. The predicted molar refractivity (Wildman–Crippen MR) is 96.5 cm³/mol. The summed E-state index contributed by atoms with van der Waals surface area (Å²) in [7, 11) is 0. The average Bonchev–Trinajstić information content (AvgIpc) is 3.02. The van der Waals surface area contributed by atoms with E-state index in [-0.39, 0.29) is 5.82 Å².